The predicted molar refractivity (Wildman–Crippen MR) is 165 cm³/mol. The molecular formula is C21H59N12P3. The van der Waals surface area contributed by atoms with Crippen molar-refractivity contribution < 1.29 is 0 Å². The highest BCUT2D eigenvalue weighted by Gasteiger charge is 2.33. The zero-order chi connectivity index (χ0) is 28.8. The van der Waals surface area contributed by atoms with Crippen LogP contribution in [0.25, 0.3) is 0 Å². The molecule has 0 N–H and O–H groups in total. The summed E-state index contributed by atoms with van der Waals surface area (Å²) >= 11 is 0. The molecule has 0 aromatic heterocycles. The third-order valence-corrected chi connectivity index (χ3v) is 17.5. The van der Waals surface area contributed by atoms with Crippen LogP contribution in [-0.4, -0.2) is 188 Å². The second-order valence-corrected chi connectivity index (χ2v) is 21.9. The topological polar surface area (TPSA) is 66.2 Å². The lowest BCUT2D eigenvalue weighted by molar-refractivity contribution is 0.457. The first-order valence-electron chi connectivity index (χ1n) is 12.2. The molecule has 0 aromatic rings. The fraction of sp³-hybridized carbons (Fsp3) is 1.00. The maximum atomic E-state index is 5.59. The minimum atomic E-state index is -2.13. The molecule has 0 heterocycles. The zero-order valence-electron chi connectivity index (χ0n) is 26.7. The van der Waals surface area contributed by atoms with E-state index in [-0.39, 0.29) is 6.04 Å². The second-order valence-electron chi connectivity index (χ2n) is 10.7. The lowest BCUT2D eigenvalue weighted by Crippen LogP contribution is -2.34. The monoisotopic (exact) mass is 572 g/mol. The Morgan fingerprint density at radius 2 is 0.556 bits per heavy atom. The number of hydrogen-bond donors (Lipinski definition) is 0. The van der Waals surface area contributed by atoms with Gasteiger partial charge in [0.25, 0.3) is 0 Å². The van der Waals surface area contributed by atoms with Crippen molar-refractivity contribution in [2.24, 2.45) is 14.2 Å². The summed E-state index contributed by atoms with van der Waals surface area (Å²) in [7, 11) is 31.9. The van der Waals surface area contributed by atoms with Crippen molar-refractivity contribution in [2.75, 3.05) is 140 Å². The van der Waals surface area contributed by atoms with Gasteiger partial charge in [0.2, 0.25) is 0 Å². The van der Waals surface area contributed by atoms with Crippen LogP contribution < -0.4 is 0 Å². The molecule has 12 nitrogen and oxygen atoms in total. The van der Waals surface area contributed by atoms with Crippen molar-refractivity contribution in [3.63, 3.8) is 0 Å². The van der Waals surface area contributed by atoms with Crippen molar-refractivity contribution in [1.82, 2.24) is 42.0 Å². The molecule has 0 saturated heterocycles. The Bertz CT molecular complexity index is 700. The van der Waals surface area contributed by atoms with E-state index in [0.29, 0.717) is 13.1 Å². The van der Waals surface area contributed by atoms with Gasteiger partial charge in [-0.25, -0.2) is 0 Å². The average Bonchev–Trinajstić information content (AvgIpc) is 2.69. The molecular weight excluding hydrogens is 513 g/mol. The van der Waals surface area contributed by atoms with Gasteiger partial charge in [0.05, 0.1) is 19.1 Å². The van der Waals surface area contributed by atoms with E-state index in [9.17, 15) is 0 Å². The van der Waals surface area contributed by atoms with Crippen LogP contribution in [-0.2, 0) is 0 Å². The van der Waals surface area contributed by atoms with Crippen LogP contribution >= 0.6 is 22.5 Å². The Kier molecular flexibility index (Phi) is 14.8. The van der Waals surface area contributed by atoms with Crippen molar-refractivity contribution in [2.45, 2.75) is 6.04 Å². The van der Waals surface area contributed by atoms with E-state index < -0.39 is 22.5 Å². The zero-order valence-corrected chi connectivity index (χ0v) is 29.4. The Labute approximate surface area is 224 Å². The molecule has 0 bridgehead atoms. The minimum Gasteiger partial charge on any atom is -0.258 e. The third-order valence-electron chi connectivity index (χ3n) is 6.11. The van der Waals surface area contributed by atoms with Crippen LogP contribution in [0.3, 0.4) is 0 Å². The van der Waals surface area contributed by atoms with Gasteiger partial charge in [-0.2, -0.15) is 0 Å². The molecule has 0 aromatic carbocycles. The molecule has 0 radical (unpaired) electrons. The molecule has 0 saturated carbocycles. The summed E-state index contributed by atoms with van der Waals surface area (Å²) in [4.78, 5) is 0. The largest absolute Gasteiger partial charge is 0.258 e. The van der Waals surface area contributed by atoms with Crippen molar-refractivity contribution in [1.29, 1.82) is 0 Å². The standard InChI is InChI=1S/C21H59N12P3/c1-25(2)34(26(3)4,27(5)6)22-19-21(24-36(31(13)14,32(15)16)33(17)18)20-23-35(28(7)8,29(9)10)30(11)12/h21H,19-20H2,1-18H3. The summed E-state index contributed by atoms with van der Waals surface area (Å²) in [5, 5.41) is 0. The number of rotatable bonds is 14. The van der Waals surface area contributed by atoms with Crippen LogP contribution in [0.15, 0.2) is 14.2 Å². The van der Waals surface area contributed by atoms with Gasteiger partial charge >= 0.3 is 0 Å². The average molecular weight is 573 g/mol. The summed E-state index contributed by atoms with van der Waals surface area (Å²) in [6.07, 6.45) is 0. The van der Waals surface area contributed by atoms with E-state index in [0.717, 1.165) is 0 Å². The normalized spacial score (nSPS) is 14.3. The highest BCUT2D eigenvalue weighted by Crippen LogP contribution is 2.58. The van der Waals surface area contributed by atoms with Crippen LogP contribution in [0, 0.1) is 0 Å². The molecule has 0 atom stereocenters. The second kappa shape index (κ2) is 14.6. The first-order chi connectivity index (χ1) is 16.3. The van der Waals surface area contributed by atoms with Crippen molar-refractivity contribution in [3.8, 4) is 0 Å². The van der Waals surface area contributed by atoms with Gasteiger partial charge < -0.3 is 0 Å². The number of hydrogen-bond acceptors (Lipinski definition) is 3. The fourth-order valence-electron chi connectivity index (χ4n) is 5.05. The molecule has 0 aliphatic carbocycles. The van der Waals surface area contributed by atoms with Crippen LogP contribution in [0.4, 0.5) is 0 Å². The SMILES string of the molecule is CN(C)P(=NCC(CN=P(N(C)C)(N(C)C)N(C)C)N=P(N(C)C)(N(C)C)N(C)C)(N(C)C)N(C)C. The maximum absolute atomic E-state index is 5.59. The highest BCUT2D eigenvalue weighted by molar-refractivity contribution is 7.59. The first kappa shape index (κ1) is 36.3. The molecule has 0 spiro atoms. The minimum absolute atomic E-state index is 0.0796. The molecule has 0 amide bonds. The van der Waals surface area contributed by atoms with Crippen molar-refractivity contribution >= 4 is 22.5 Å². The summed E-state index contributed by atoms with van der Waals surface area (Å²) in [6.45, 7) is 1.19. The van der Waals surface area contributed by atoms with Crippen molar-refractivity contribution in [3.05, 3.63) is 0 Å². The molecule has 36 heavy (non-hydrogen) atoms. The van der Waals surface area contributed by atoms with E-state index in [1.165, 1.54) is 0 Å². The molecule has 0 fully saturated rings. The molecule has 0 unspecified atom stereocenters. The third kappa shape index (κ3) is 7.50. The van der Waals surface area contributed by atoms with Gasteiger partial charge in [0.15, 0.2) is 22.5 Å². The van der Waals surface area contributed by atoms with Gasteiger partial charge in [-0.3, -0.25) is 56.3 Å². The Morgan fingerprint density at radius 1 is 0.361 bits per heavy atom. The van der Waals surface area contributed by atoms with E-state index in [1.807, 2.05) is 0 Å². The van der Waals surface area contributed by atoms with Crippen LogP contribution in [0.1, 0.15) is 0 Å². The van der Waals surface area contributed by atoms with Gasteiger partial charge in [-0.1, -0.05) is 0 Å². The lowest BCUT2D eigenvalue weighted by Gasteiger charge is -2.43. The molecule has 0 aliphatic rings. The summed E-state index contributed by atoms with van der Waals surface area (Å²) in [5.41, 5.74) is 0. The van der Waals surface area contributed by atoms with Gasteiger partial charge in [0, 0.05) is 0 Å². The summed E-state index contributed by atoms with van der Waals surface area (Å²) in [6, 6.07) is -0.0796. The fourth-order valence-corrected chi connectivity index (χ4v) is 15.0. The van der Waals surface area contributed by atoms with Crippen LogP contribution in [0.2, 0.25) is 0 Å². The van der Waals surface area contributed by atoms with E-state index in [4.69, 9.17) is 14.2 Å². The maximum Gasteiger partial charge on any atom is 0.166 e. The molecule has 15 heteroatoms. The molecule has 218 valence electrons. The molecule has 0 rings (SSSR count). The summed E-state index contributed by atoms with van der Waals surface area (Å²) < 4.78 is 36.7. The van der Waals surface area contributed by atoms with E-state index >= 15 is 0 Å². The predicted octanol–water partition coefficient (Wildman–Crippen LogP) is 3.25. The smallest absolute Gasteiger partial charge is 0.166 e. The summed E-state index contributed by atoms with van der Waals surface area (Å²) in [5.74, 6) is 0. The quantitative estimate of drug-likeness (QED) is 0.292. The lowest BCUT2D eigenvalue weighted by atomic mass is 10.3. The van der Waals surface area contributed by atoms with Gasteiger partial charge in [-0.15, -0.1) is 0 Å². The van der Waals surface area contributed by atoms with Crippen LogP contribution in [0.5, 0.6) is 0 Å². The Balaban J connectivity index is 7.32. The van der Waals surface area contributed by atoms with E-state index in [1.54, 1.807) is 0 Å². The first-order valence-corrected chi connectivity index (χ1v) is 17.0. The Hall–Kier alpha value is 0.330. The molecule has 0 aliphatic heterocycles. The highest BCUT2D eigenvalue weighted by atomic mass is 31.2. The Morgan fingerprint density at radius 3 is 0.722 bits per heavy atom. The van der Waals surface area contributed by atoms with Gasteiger partial charge in [0.1, 0.15) is 0 Å². The van der Waals surface area contributed by atoms with E-state index in [2.05, 4.69) is 169 Å². The van der Waals surface area contributed by atoms with Gasteiger partial charge in [-0.05, 0) is 127 Å². The number of nitrogens with zero attached hydrogens (tertiary/aromatic N) is 12.